The van der Waals surface area contributed by atoms with Crippen LogP contribution in [0.4, 0.5) is 0 Å². The smallest absolute Gasteiger partial charge is 0.0439 e. The van der Waals surface area contributed by atoms with E-state index in [9.17, 15) is 0 Å². The Kier molecular flexibility index (Phi) is 4.62. The van der Waals surface area contributed by atoms with Crippen molar-refractivity contribution >= 4 is 6.21 Å². The Labute approximate surface area is 43.2 Å². The van der Waals surface area contributed by atoms with Crippen LogP contribution in [0.2, 0.25) is 0 Å². The third-order valence-corrected chi connectivity index (χ3v) is 0.582. The molecule has 0 aliphatic heterocycles. The molecule has 0 radical (unpaired) electrons. The first kappa shape index (κ1) is 6.21. The maximum absolute atomic E-state index is 7.83. The number of hydrogen-bond acceptors (Lipinski definition) is 2. The molecule has 0 amide bonds. The SMILES string of the molecule is C=CCC/C=N\O. The zero-order valence-corrected chi connectivity index (χ0v) is 4.17. The molecule has 0 spiro atoms. The Morgan fingerprint density at radius 1 is 1.57 bits per heavy atom. The monoisotopic (exact) mass is 99.1 g/mol. The molecule has 0 aliphatic rings. The number of nitrogens with zero attached hydrogens (tertiary/aromatic N) is 1. The summed E-state index contributed by atoms with van der Waals surface area (Å²) in [5, 5.41) is 10.6. The number of oxime groups is 1. The molecule has 0 aromatic carbocycles. The summed E-state index contributed by atoms with van der Waals surface area (Å²) in [6, 6.07) is 0. The van der Waals surface area contributed by atoms with Crippen molar-refractivity contribution in [3.05, 3.63) is 12.7 Å². The van der Waals surface area contributed by atoms with E-state index in [4.69, 9.17) is 5.21 Å². The maximum Gasteiger partial charge on any atom is 0.0439 e. The highest BCUT2D eigenvalue weighted by Crippen LogP contribution is 1.82. The minimum atomic E-state index is 0.778. The van der Waals surface area contributed by atoms with Crippen LogP contribution in [0, 0.1) is 0 Å². The summed E-state index contributed by atoms with van der Waals surface area (Å²) in [5.74, 6) is 0. The molecule has 2 heteroatoms. The molecule has 0 saturated carbocycles. The van der Waals surface area contributed by atoms with Crippen molar-refractivity contribution in [1.29, 1.82) is 0 Å². The molecule has 0 atom stereocenters. The van der Waals surface area contributed by atoms with E-state index >= 15 is 0 Å². The highest BCUT2D eigenvalue weighted by Gasteiger charge is 1.70. The Hall–Kier alpha value is -0.790. The number of unbranched alkanes of at least 4 members (excludes halogenated alkanes) is 1. The van der Waals surface area contributed by atoms with Crippen LogP contribution in [0.15, 0.2) is 17.8 Å². The van der Waals surface area contributed by atoms with Gasteiger partial charge in [0.05, 0.1) is 0 Å². The summed E-state index contributed by atoms with van der Waals surface area (Å²) < 4.78 is 0. The van der Waals surface area contributed by atoms with E-state index in [2.05, 4.69) is 11.7 Å². The normalized spacial score (nSPS) is 9.71. The van der Waals surface area contributed by atoms with Gasteiger partial charge in [0.15, 0.2) is 0 Å². The molecule has 0 heterocycles. The first-order chi connectivity index (χ1) is 3.41. The minimum absolute atomic E-state index is 0.778. The zero-order valence-electron chi connectivity index (χ0n) is 4.17. The summed E-state index contributed by atoms with van der Waals surface area (Å²) in [5.41, 5.74) is 0. The van der Waals surface area contributed by atoms with Gasteiger partial charge in [0, 0.05) is 6.21 Å². The van der Waals surface area contributed by atoms with Gasteiger partial charge in [0.25, 0.3) is 0 Å². The highest BCUT2D eigenvalue weighted by molar-refractivity contribution is 5.56. The van der Waals surface area contributed by atoms with Gasteiger partial charge in [0.2, 0.25) is 0 Å². The fraction of sp³-hybridized carbons (Fsp3) is 0.400. The second-order valence-corrected chi connectivity index (χ2v) is 1.16. The molecule has 0 aliphatic carbocycles. The number of allylic oxidation sites excluding steroid dienone is 1. The number of rotatable bonds is 3. The van der Waals surface area contributed by atoms with E-state index in [1.165, 1.54) is 6.21 Å². The van der Waals surface area contributed by atoms with E-state index in [1.54, 1.807) is 6.08 Å². The average Bonchev–Trinajstić information content (AvgIpc) is 1.69. The Morgan fingerprint density at radius 2 is 2.29 bits per heavy atom. The van der Waals surface area contributed by atoms with Gasteiger partial charge in [-0.2, -0.15) is 0 Å². The predicted octanol–water partition coefficient (Wildman–Crippen LogP) is 1.41. The van der Waals surface area contributed by atoms with E-state index in [0.29, 0.717) is 0 Å². The van der Waals surface area contributed by atoms with Crippen LogP contribution in [0.3, 0.4) is 0 Å². The quantitative estimate of drug-likeness (QED) is 0.187. The van der Waals surface area contributed by atoms with Gasteiger partial charge in [0.1, 0.15) is 0 Å². The Balaban J connectivity index is 2.82. The van der Waals surface area contributed by atoms with Crippen LogP contribution >= 0.6 is 0 Å². The molecule has 0 rings (SSSR count). The van der Waals surface area contributed by atoms with Crippen LogP contribution in [-0.4, -0.2) is 11.4 Å². The third-order valence-electron chi connectivity index (χ3n) is 0.582. The van der Waals surface area contributed by atoms with Crippen LogP contribution in [-0.2, 0) is 0 Å². The molecule has 0 saturated heterocycles. The lowest BCUT2D eigenvalue weighted by atomic mass is 10.3. The molecule has 40 valence electrons. The summed E-state index contributed by atoms with van der Waals surface area (Å²) in [6.07, 6.45) is 4.88. The van der Waals surface area contributed by atoms with Gasteiger partial charge >= 0.3 is 0 Å². The van der Waals surface area contributed by atoms with Crippen molar-refractivity contribution in [2.75, 3.05) is 0 Å². The van der Waals surface area contributed by atoms with E-state index < -0.39 is 0 Å². The van der Waals surface area contributed by atoms with E-state index in [-0.39, 0.29) is 0 Å². The molecule has 1 N–H and O–H groups in total. The standard InChI is InChI=1S/C5H9NO/c1-2-3-4-5-6-7/h2,5,7H,1,3-4H2/b6-5-. The predicted molar refractivity (Wildman–Crippen MR) is 29.7 cm³/mol. The number of hydrogen-bond donors (Lipinski definition) is 1. The molecule has 0 aromatic heterocycles. The topological polar surface area (TPSA) is 32.6 Å². The molecule has 0 bridgehead atoms. The Morgan fingerprint density at radius 3 is 2.71 bits per heavy atom. The maximum atomic E-state index is 7.83. The van der Waals surface area contributed by atoms with Gasteiger partial charge in [-0.15, -0.1) is 11.7 Å². The van der Waals surface area contributed by atoms with Gasteiger partial charge in [-0.05, 0) is 12.8 Å². The lowest BCUT2D eigenvalue weighted by Crippen LogP contribution is -1.69. The molecule has 7 heavy (non-hydrogen) atoms. The zero-order chi connectivity index (χ0) is 5.54. The van der Waals surface area contributed by atoms with E-state index in [0.717, 1.165) is 12.8 Å². The molecule has 2 nitrogen and oxygen atoms in total. The highest BCUT2D eigenvalue weighted by atomic mass is 16.4. The van der Waals surface area contributed by atoms with Gasteiger partial charge in [-0.25, -0.2) is 0 Å². The van der Waals surface area contributed by atoms with Crippen molar-refractivity contribution in [1.82, 2.24) is 0 Å². The summed E-state index contributed by atoms with van der Waals surface area (Å²) in [6.45, 7) is 3.49. The molecule has 0 fully saturated rings. The van der Waals surface area contributed by atoms with Crippen molar-refractivity contribution < 1.29 is 5.21 Å². The molecular formula is C5H9NO. The van der Waals surface area contributed by atoms with Gasteiger partial charge in [-0.1, -0.05) is 6.08 Å². The molecule has 0 aromatic rings. The van der Waals surface area contributed by atoms with Crippen LogP contribution in [0.5, 0.6) is 0 Å². The fourth-order valence-corrected chi connectivity index (χ4v) is 0.250. The summed E-state index contributed by atoms with van der Waals surface area (Å²) in [4.78, 5) is 0. The third kappa shape index (κ3) is 5.21. The van der Waals surface area contributed by atoms with Crippen molar-refractivity contribution in [3.8, 4) is 0 Å². The lowest BCUT2D eigenvalue weighted by Gasteiger charge is -1.77. The lowest BCUT2D eigenvalue weighted by molar-refractivity contribution is 0.320. The first-order valence-electron chi connectivity index (χ1n) is 2.18. The van der Waals surface area contributed by atoms with Gasteiger partial charge in [-0.3, -0.25) is 0 Å². The first-order valence-corrected chi connectivity index (χ1v) is 2.18. The molecular weight excluding hydrogens is 90.1 g/mol. The fourth-order valence-electron chi connectivity index (χ4n) is 0.250. The minimum Gasteiger partial charge on any atom is -0.411 e. The second kappa shape index (κ2) is 5.21. The average molecular weight is 99.1 g/mol. The summed E-state index contributed by atoms with van der Waals surface area (Å²) in [7, 11) is 0. The van der Waals surface area contributed by atoms with Crippen LogP contribution < -0.4 is 0 Å². The Bertz CT molecular complexity index is 68.5. The van der Waals surface area contributed by atoms with E-state index in [1.807, 2.05) is 0 Å². The summed E-state index contributed by atoms with van der Waals surface area (Å²) >= 11 is 0. The molecule has 0 unspecified atom stereocenters. The van der Waals surface area contributed by atoms with Crippen LogP contribution in [0.1, 0.15) is 12.8 Å². The second-order valence-electron chi connectivity index (χ2n) is 1.16. The van der Waals surface area contributed by atoms with Crippen molar-refractivity contribution in [2.24, 2.45) is 5.16 Å². The largest absolute Gasteiger partial charge is 0.411 e. The van der Waals surface area contributed by atoms with Crippen molar-refractivity contribution in [3.63, 3.8) is 0 Å². The van der Waals surface area contributed by atoms with Crippen LogP contribution in [0.25, 0.3) is 0 Å². The van der Waals surface area contributed by atoms with Gasteiger partial charge < -0.3 is 5.21 Å². The van der Waals surface area contributed by atoms with Crippen molar-refractivity contribution in [2.45, 2.75) is 12.8 Å².